The first kappa shape index (κ1) is 14.4. The summed E-state index contributed by atoms with van der Waals surface area (Å²) in [7, 11) is 3.33. The molecule has 0 amide bonds. The Morgan fingerprint density at radius 2 is 2.06 bits per heavy atom. The Bertz CT molecular complexity index is 432. The molecule has 1 rings (SSSR count). The van der Waals surface area contributed by atoms with Gasteiger partial charge in [-0.1, -0.05) is 6.07 Å². The van der Waals surface area contributed by atoms with Gasteiger partial charge in [0.2, 0.25) is 0 Å². The van der Waals surface area contributed by atoms with Gasteiger partial charge >= 0.3 is 0 Å². The second-order valence-electron chi connectivity index (χ2n) is 3.96. The van der Waals surface area contributed by atoms with Crippen molar-refractivity contribution in [3.05, 3.63) is 23.8 Å². The highest BCUT2D eigenvalue weighted by molar-refractivity contribution is 5.42. The molecule has 0 saturated heterocycles. The maximum atomic E-state index is 5.39. The van der Waals surface area contributed by atoms with E-state index in [9.17, 15) is 0 Å². The highest BCUT2D eigenvalue weighted by atomic mass is 16.5. The van der Waals surface area contributed by atoms with Crippen LogP contribution in [0.15, 0.2) is 18.2 Å². The Kier molecular flexibility index (Phi) is 6.10. The minimum absolute atomic E-state index is 0.226. The highest BCUT2D eigenvalue weighted by Gasteiger charge is 2.11. The average molecular weight is 247 g/mol. The number of rotatable bonds is 6. The van der Waals surface area contributed by atoms with Gasteiger partial charge in [-0.3, -0.25) is 0 Å². The molecule has 3 nitrogen and oxygen atoms in total. The normalized spacial score (nSPS) is 11.3. The van der Waals surface area contributed by atoms with Crippen LogP contribution in [-0.2, 0) is 0 Å². The summed E-state index contributed by atoms with van der Waals surface area (Å²) < 4.78 is 10.6. The summed E-state index contributed by atoms with van der Waals surface area (Å²) in [6, 6.07) is 6.10. The summed E-state index contributed by atoms with van der Waals surface area (Å²) in [6.07, 6.45) is 0.860. The zero-order valence-corrected chi connectivity index (χ0v) is 11.5. The van der Waals surface area contributed by atoms with E-state index < -0.39 is 0 Å². The SMILES string of the molecule is CC#CCCNC(C)c1ccc(OC)cc1OC. The van der Waals surface area contributed by atoms with Crippen molar-refractivity contribution >= 4 is 0 Å². The minimum atomic E-state index is 0.226. The van der Waals surface area contributed by atoms with E-state index in [0.29, 0.717) is 0 Å². The zero-order valence-electron chi connectivity index (χ0n) is 11.5. The number of nitrogens with one attached hydrogen (secondary N) is 1. The summed E-state index contributed by atoms with van der Waals surface area (Å²) in [6.45, 7) is 4.84. The number of benzene rings is 1. The lowest BCUT2D eigenvalue weighted by Gasteiger charge is -2.17. The maximum absolute atomic E-state index is 5.39. The van der Waals surface area contributed by atoms with Gasteiger partial charge in [-0.15, -0.1) is 11.8 Å². The monoisotopic (exact) mass is 247 g/mol. The first-order valence-electron chi connectivity index (χ1n) is 6.07. The van der Waals surface area contributed by atoms with E-state index in [1.165, 1.54) is 0 Å². The van der Waals surface area contributed by atoms with Crippen LogP contribution in [-0.4, -0.2) is 20.8 Å². The quantitative estimate of drug-likeness (QED) is 0.619. The summed E-state index contributed by atoms with van der Waals surface area (Å²) in [5.74, 6) is 7.57. The third kappa shape index (κ3) is 3.97. The van der Waals surface area contributed by atoms with Gasteiger partial charge in [0, 0.05) is 30.6 Å². The van der Waals surface area contributed by atoms with Gasteiger partial charge in [0.15, 0.2) is 0 Å². The van der Waals surface area contributed by atoms with Crippen LogP contribution in [0.4, 0.5) is 0 Å². The van der Waals surface area contributed by atoms with Crippen LogP contribution in [0.1, 0.15) is 31.9 Å². The smallest absolute Gasteiger partial charge is 0.127 e. The van der Waals surface area contributed by atoms with E-state index in [-0.39, 0.29) is 6.04 Å². The van der Waals surface area contributed by atoms with Crippen molar-refractivity contribution in [1.82, 2.24) is 5.32 Å². The zero-order chi connectivity index (χ0) is 13.4. The van der Waals surface area contributed by atoms with E-state index in [4.69, 9.17) is 9.47 Å². The molecule has 0 fully saturated rings. The summed E-state index contributed by atoms with van der Waals surface area (Å²) in [5, 5.41) is 3.42. The average Bonchev–Trinajstić information content (AvgIpc) is 2.42. The Labute approximate surface area is 109 Å². The molecule has 0 aliphatic carbocycles. The van der Waals surface area contributed by atoms with Crippen LogP contribution in [0.3, 0.4) is 0 Å². The highest BCUT2D eigenvalue weighted by Crippen LogP contribution is 2.29. The summed E-state index contributed by atoms with van der Waals surface area (Å²) in [4.78, 5) is 0. The first-order valence-corrected chi connectivity index (χ1v) is 6.07. The van der Waals surface area contributed by atoms with Crippen LogP contribution < -0.4 is 14.8 Å². The molecule has 18 heavy (non-hydrogen) atoms. The van der Waals surface area contributed by atoms with E-state index in [1.54, 1.807) is 14.2 Å². The first-order chi connectivity index (χ1) is 8.72. The molecule has 1 atom stereocenters. The molecule has 0 bridgehead atoms. The fourth-order valence-corrected chi connectivity index (χ4v) is 1.76. The van der Waals surface area contributed by atoms with E-state index in [0.717, 1.165) is 30.0 Å². The lowest BCUT2D eigenvalue weighted by molar-refractivity contribution is 0.386. The molecular formula is C15H21NO2. The predicted octanol–water partition coefficient (Wildman–Crippen LogP) is 2.77. The molecule has 0 heterocycles. The van der Waals surface area contributed by atoms with Crippen molar-refractivity contribution in [2.45, 2.75) is 26.3 Å². The number of hydrogen-bond acceptors (Lipinski definition) is 3. The van der Waals surface area contributed by atoms with Crippen LogP contribution in [0.5, 0.6) is 11.5 Å². The largest absolute Gasteiger partial charge is 0.497 e. The molecule has 0 spiro atoms. The number of ether oxygens (including phenoxy) is 2. The van der Waals surface area contributed by atoms with Gasteiger partial charge in [-0.2, -0.15) is 0 Å². The van der Waals surface area contributed by atoms with E-state index >= 15 is 0 Å². The Balaban J connectivity index is 2.71. The van der Waals surface area contributed by atoms with E-state index in [2.05, 4.69) is 24.1 Å². The molecule has 3 heteroatoms. The van der Waals surface area contributed by atoms with Crippen molar-refractivity contribution in [3.8, 4) is 23.3 Å². The van der Waals surface area contributed by atoms with E-state index in [1.807, 2.05) is 25.1 Å². The topological polar surface area (TPSA) is 30.5 Å². The second kappa shape index (κ2) is 7.62. The van der Waals surface area contributed by atoms with Crippen molar-refractivity contribution in [1.29, 1.82) is 0 Å². The molecule has 1 N–H and O–H groups in total. The summed E-state index contributed by atoms with van der Waals surface area (Å²) in [5.41, 5.74) is 1.13. The molecule has 0 aromatic heterocycles. The molecule has 1 unspecified atom stereocenters. The van der Waals surface area contributed by atoms with Crippen molar-refractivity contribution in [3.63, 3.8) is 0 Å². The summed E-state index contributed by atoms with van der Waals surface area (Å²) >= 11 is 0. The lowest BCUT2D eigenvalue weighted by Crippen LogP contribution is -2.20. The standard InChI is InChI=1S/C15H21NO2/c1-5-6-7-10-16-12(2)14-9-8-13(17-3)11-15(14)18-4/h8-9,11-12,16H,7,10H2,1-4H3. The van der Waals surface area contributed by atoms with Crippen LogP contribution >= 0.6 is 0 Å². The molecule has 1 aromatic carbocycles. The van der Waals surface area contributed by atoms with Gasteiger partial charge in [0.05, 0.1) is 14.2 Å². The Morgan fingerprint density at radius 1 is 1.28 bits per heavy atom. The minimum Gasteiger partial charge on any atom is -0.497 e. The van der Waals surface area contributed by atoms with Crippen LogP contribution in [0, 0.1) is 11.8 Å². The molecule has 1 aromatic rings. The molecule has 0 aliphatic rings. The fraction of sp³-hybridized carbons (Fsp3) is 0.467. The van der Waals surface area contributed by atoms with Gasteiger partial charge in [-0.25, -0.2) is 0 Å². The van der Waals surface area contributed by atoms with Gasteiger partial charge in [-0.05, 0) is 19.9 Å². The van der Waals surface area contributed by atoms with Crippen molar-refractivity contribution < 1.29 is 9.47 Å². The Hall–Kier alpha value is -1.66. The molecular weight excluding hydrogens is 226 g/mol. The number of hydrogen-bond donors (Lipinski definition) is 1. The van der Waals surface area contributed by atoms with Gasteiger partial charge in [0.1, 0.15) is 11.5 Å². The van der Waals surface area contributed by atoms with Crippen LogP contribution in [0.25, 0.3) is 0 Å². The second-order valence-corrected chi connectivity index (χ2v) is 3.96. The predicted molar refractivity (Wildman–Crippen MR) is 74.0 cm³/mol. The van der Waals surface area contributed by atoms with Gasteiger partial charge in [0.25, 0.3) is 0 Å². The Morgan fingerprint density at radius 3 is 2.67 bits per heavy atom. The van der Waals surface area contributed by atoms with Gasteiger partial charge < -0.3 is 14.8 Å². The molecule has 0 saturated carbocycles. The molecule has 0 aliphatic heterocycles. The number of methoxy groups -OCH3 is 2. The third-order valence-electron chi connectivity index (χ3n) is 2.78. The fourth-order valence-electron chi connectivity index (χ4n) is 1.76. The third-order valence-corrected chi connectivity index (χ3v) is 2.78. The lowest BCUT2D eigenvalue weighted by atomic mass is 10.1. The molecule has 98 valence electrons. The van der Waals surface area contributed by atoms with Crippen molar-refractivity contribution in [2.75, 3.05) is 20.8 Å². The molecule has 0 radical (unpaired) electrons. The van der Waals surface area contributed by atoms with Crippen LogP contribution in [0.2, 0.25) is 0 Å². The van der Waals surface area contributed by atoms with Crippen molar-refractivity contribution in [2.24, 2.45) is 0 Å². The maximum Gasteiger partial charge on any atom is 0.127 e.